The molecule has 1 fully saturated rings. The van der Waals surface area contributed by atoms with Crippen LogP contribution in [0.15, 0.2) is 91.0 Å². The Morgan fingerprint density at radius 2 is 1.45 bits per heavy atom. The van der Waals surface area contributed by atoms with E-state index < -0.39 is 6.29 Å². The van der Waals surface area contributed by atoms with Crippen molar-refractivity contribution in [1.82, 2.24) is 14.9 Å². The second kappa shape index (κ2) is 12.5. The van der Waals surface area contributed by atoms with Gasteiger partial charge in [0, 0.05) is 23.1 Å². The molecule has 1 N–H and O–H groups in total. The Hall–Kier alpha value is -3.25. The Labute approximate surface area is 226 Å². The minimum atomic E-state index is -0.480. The highest BCUT2D eigenvalue weighted by Crippen LogP contribution is 2.39. The lowest BCUT2D eigenvalue weighted by Crippen LogP contribution is -2.38. The number of imidazole rings is 1. The Kier molecular flexibility index (Phi) is 8.69. The van der Waals surface area contributed by atoms with Crippen LogP contribution in [0.25, 0.3) is 22.5 Å². The number of nitrogens with one attached hydrogen (secondary N) is 1. The maximum absolute atomic E-state index is 6.34. The summed E-state index contributed by atoms with van der Waals surface area (Å²) >= 11 is 0. The van der Waals surface area contributed by atoms with Gasteiger partial charge in [-0.05, 0) is 38.4 Å². The summed E-state index contributed by atoms with van der Waals surface area (Å²) < 4.78 is 12.7. The van der Waals surface area contributed by atoms with Crippen LogP contribution < -0.4 is 0 Å². The van der Waals surface area contributed by atoms with Crippen LogP contribution in [0.2, 0.25) is 0 Å². The van der Waals surface area contributed by atoms with Crippen LogP contribution >= 0.6 is 0 Å². The van der Waals surface area contributed by atoms with Crippen LogP contribution in [-0.4, -0.2) is 41.7 Å². The molecule has 1 aromatic heterocycles. The van der Waals surface area contributed by atoms with E-state index in [4.69, 9.17) is 14.5 Å². The highest BCUT2D eigenvalue weighted by molar-refractivity contribution is 5.78. The number of aromatic nitrogens is 2. The van der Waals surface area contributed by atoms with Gasteiger partial charge < -0.3 is 19.4 Å². The van der Waals surface area contributed by atoms with E-state index in [1.807, 2.05) is 36.4 Å². The zero-order chi connectivity index (χ0) is 26.2. The first kappa shape index (κ1) is 26.4. The molecule has 0 bridgehead atoms. The molecule has 0 radical (unpaired) electrons. The molecule has 1 aliphatic heterocycles. The second-order valence-corrected chi connectivity index (χ2v) is 10.6. The number of hydrogen-bond acceptors (Lipinski definition) is 4. The van der Waals surface area contributed by atoms with Crippen molar-refractivity contribution in [2.45, 2.75) is 45.4 Å². The summed E-state index contributed by atoms with van der Waals surface area (Å²) in [4.78, 5) is 10.9. The minimum Gasteiger partial charge on any atom is -0.345 e. The first-order chi connectivity index (χ1) is 18.7. The molecule has 0 spiro atoms. The van der Waals surface area contributed by atoms with Gasteiger partial charge in [-0.3, -0.25) is 0 Å². The van der Waals surface area contributed by atoms with E-state index in [0.717, 1.165) is 54.3 Å². The fraction of sp³-hybridized carbons (Fsp3) is 0.364. The van der Waals surface area contributed by atoms with E-state index >= 15 is 0 Å². The Balaban J connectivity index is 1.19. The lowest BCUT2D eigenvalue weighted by molar-refractivity contribution is -0.239. The summed E-state index contributed by atoms with van der Waals surface area (Å²) in [5.41, 5.74) is 5.51. The van der Waals surface area contributed by atoms with Crippen LogP contribution in [0.4, 0.5) is 0 Å². The first-order valence-corrected chi connectivity index (χ1v) is 13.8. The number of unbranched alkanes of at least 4 members (excludes halogenated alkanes) is 1. The van der Waals surface area contributed by atoms with E-state index in [0.29, 0.717) is 13.2 Å². The molecule has 1 aliphatic rings. The van der Waals surface area contributed by atoms with Crippen molar-refractivity contribution >= 4 is 0 Å². The fourth-order valence-electron chi connectivity index (χ4n) is 5.26. The molecule has 5 nitrogen and oxygen atoms in total. The number of benzene rings is 3. The maximum atomic E-state index is 6.34. The van der Waals surface area contributed by atoms with E-state index in [1.165, 1.54) is 18.4 Å². The molecule has 2 heterocycles. The molecular weight excluding hydrogens is 470 g/mol. The molecule has 4 aromatic rings. The standard InChI is InChI=1S/C33H39N3O2/c1-3-33(21-13-14-22-36(2)23-26-15-7-4-8-16-26)24-37-32(38-25-33)31-34-29(27-17-9-5-10-18-27)30(35-31)28-19-11-6-12-20-28/h4-12,15-20,32H,3,13-14,21-25H2,1-2H3,(H,34,35)/t32-,33+. The van der Waals surface area contributed by atoms with Gasteiger partial charge >= 0.3 is 0 Å². The zero-order valence-electron chi connectivity index (χ0n) is 22.6. The molecule has 1 saturated heterocycles. The van der Waals surface area contributed by atoms with Crippen LogP contribution in [-0.2, 0) is 16.0 Å². The van der Waals surface area contributed by atoms with Crippen molar-refractivity contribution in [3.05, 3.63) is 102 Å². The summed E-state index contributed by atoms with van der Waals surface area (Å²) in [5, 5.41) is 0. The summed E-state index contributed by atoms with van der Waals surface area (Å²) in [6.07, 6.45) is 4.02. The van der Waals surface area contributed by atoms with Crippen LogP contribution in [0.1, 0.15) is 50.3 Å². The number of rotatable bonds is 11. The lowest BCUT2D eigenvalue weighted by atomic mass is 9.81. The Bertz CT molecular complexity index is 1190. The maximum Gasteiger partial charge on any atom is 0.217 e. The SMILES string of the molecule is CC[C@]1(CCCCN(C)Cc2ccccc2)CO[C@@H](c2nc(-c3ccccc3)c(-c3ccccc3)[nH]2)OC1. The van der Waals surface area contributed by atoms with Crippen molar-refractivity contribution in [2.24, 2.45) is 5.41 Å². The number of hydrogen-bond donors (Lipinski definition) is 1. The largest absolute Gasteiger partial charge is 0.345 e. The number of H-pyrrole nitrogens is 1. The molecule has 0 atom stereocenters. The molecule has 5 rings (SSSR count). The van der Waals surface area contributed by atoms with Crippen LogP contribution in [0, 0.1) is 5.41 Å². The van der Waals surface area contributed by atoms with E-state index in [1.54, 1.807) is 0 Å². The Morgan fingerprint density at radius 1 is 0.842 bits per heavy atom. The third-order valence-electron chi connectivity index (χ3n) is 7.68. The smallest absolute Gasteiger partial charge is 0.217 e. The topological polar surface area (TPSA) is 50.4 Å². The third kappa shape index (κ3) is 6.41. The minimum absolute atomic E-state index is 0.0611. The molecule has 3 aromatic carbocycles. The quantitative estimate of drug-likeness (QED) is 0.213. The highest BCUT2D eigenvalue weighted by Gasteiger charge is 2.37. The van der Waals surface area contributed by atoms with Crippen LogP contribution in [0.3, 0.4) is 0 Å². The molecule has 0 unspecified atom stereocenters. The average Bonchev–Trinajstić information content (AvgIpc) is 3.43. The van der Waals surface area contributed by atoms with Gasteiger partial charge in [0.2, 0.25) is 6.29 Å². The van der Waals surface area contributed by atoms with Crippen molar-refractivity contribution < 1.29 is 9.47 Å². The predicted octanol–water partition coefficient (Wildman–Crippen LogP) is 7.49. The van der Waals surface area contributed by atoms with Crippen molar-refractivity contribution in [3.63, 3.8) is 0 Å². The van der Waals surface area contributed by atoms with Gasteiger partial charge in [0.1, 0.15) is 0 Å². The predicted molar refractivity (Wildman–Crippen MR) is 153 cm³/mol. The van der Waals surface area contributed by atoms with Crippen molar-refractivity contribution in [2.75, 3.05) is 26.8 Å². The second-order valence-electron chi connectivity index (χ2n) is 10.6. The van der Waals surface area contributed by atoms with Crippen molar-refractivity contribution in [1.29, 1.82) is 0 Å². The average molecular weight is 510 g/mol. The molecule has 0 aliphatic carbocycles. The monoisotopic (exact) mass is 509 g/mol. The van der Waals surface area contributed by atoms with Gasteiger partial charge in [0.15, 0.2) is 5.82 Å². The van der Waals surface area contributed by atoms with Gasteiger partial charge in [-0.15, -0.1) is 0 Å². The van der Waals surface area contributed by atoms with Gasteiger partial charge in [-0.1, -0.05) is 104 Å². The molecule has 0 saturated carbocycles. The van der Waals surface area contributed by atoms with Gasteiger partial charge in [-0.2, -0.15) is 0 Å². The molecule has 5 heteroatoms. The number of nitrogens with zero attached hydrogens (tertiary/aromatic N) is 2. The van der Waals surface area contributed by atoms with Gasteiger partial charge in [0.05, 0.1) is 24.6 Å². The van der Waals surface area contributed by atoms with E-state index in [-0.39, 0.29) is 5.41 Å². The summed E-state index contributed by atoms with van der Waals surface area (Å²) in [6.45, 7) is 5.72. The van der Waals surface area contributed by atoms with Gasteiger partial charge in [0.25, 0.3) is 0 Å². The number of aromatic amines is 1. The molecule has 0 amide bonds. The molecule has 198 valence electrons. The normalized spacial score (nSPS) is 19.6. The Morgan fingerprint density at radius 3 is 2.08 bits per heavy atom. The zero-order valence-corrected chi connectivity index (χ0v) is 22.6. The summed E-state index contributed by atoms with van der Waals surface area (Å²) in [5.74, 6) is 0.731. The fourth-order valence-corrected chi connectivity index (χ4v) is 5.26. The first-order valence-electron chi connectivity index (χ1n) is 13.8. The molecule has 38 heavy (non-hydrogen) atoms. The lowest BCUT2D eigenvalue weighted by Gasteiger charge is -2.39. The number of ether oxygens (including phenoxy) is 2. The van der Waals surface area contributed by atoms with E-state index in [2.05, 4.69) is 78.5 Å². The van der Waals surface area contributed by atoms with Crippen molar-refractivity contribution in [3.8, 4) is 22.5 Å². The van der Waals surface area contributed by atoms with Gasteiger partial charge in [-0.25, -0.2) is 4.98 Å². The van der Waals surface area contributed by atoms with E-state index in [9.17, 15) is 0 Å². The van der Waals surface area contributed by atoms with Crippen LogP contribution in [0.5, 0.6) is 0 Å². The summed E-state index contributed by atoms with van der Waals surface area (Å²) in [6, 6.07) is 31.3. The molecular formula is C33H39N3O2. The highest BCUT2D eigenvalue weighted by atomic mass is 16.7. The summed E-state index contributed by atoms with van der Waals surface area (Å²) in [7, 11) is 2.21. The third-order valence-corrected chi connectivity index (χ3v) is 7.68.